The standard InChI is InChI=1S/C12H22N2O4S/c1-12(2,7-8-15)13-9-10-5-6-11(18-10)19(16,17)14(3)4/h5-6,13,15H,7-9H2,1-4H3. The predicted molar refractivity (Wildman–Crippen MR) is 72.2 cm³/mol. The molecule has 110 valence electrons. The van der Waals surface area contributed by atoms with Crippen LogP contribution >= 0.6 is 0 Å². The first-order valence-corrected chi connectivity index (χ1v) is 7.50. The Hall–Kier alpha value is -0.890. The van der Waals surface area contributed by atoms with Crippen molar-refractivity contribution in [2.24, 2.45) is 0 Å². The second-order valence-corrected chi connectivity index (χ2v) is 7.30. The molecule has 0 saturated heterocycles. The number of furan rings is 1. The zero-order valence-corrected chi connectivity index (χ0v) is 12.6. The van der Waals surface area contributed by atoms with E-state index in [0.717, 1.165) is 4.31 Å². The Labute approximate surface area is 114 Å². The minimum Gasteiger partial charge on any atom is -0.447 e. The second kappa shape index (κ2) is 6.04. The maximum absolute atomic E-state index is 11.8. The van der Waals surface area contributed by atoms with Crippen molar-refractivity contribution in [2.75, 3.05) is 20.7 Å². The third kappa shape index (κ3) is 4.31. The van der Waals surface area contributed by atoms with E-state index in [0.29, 0.717) is 18.7 Å². The Morgan fingerprint density at radius 1 is 1.37 bits per heavy atom. The van der Waals surface area contributed by atoms with Crippen LogP contribution in [0.25, 0.3) is 0 Å². The van der Waals surface area contributed by atoms with Crippen molar-refractivity contribution < 1.29 is 17.9 Å². The Morgan fingerprint density at radius 2 is 2.00 bits per heavy atom. The van der Waals surface area contributed by atoms with Gasteiger partial charge in [0.15, 0.2) is 0 Å². The number of aliphatic hydroxyl groups is 1. The minimum absolute atomic E-state index is 0.0609. The molecule has 0 bridgehead atoms. The first-order chi connectivity index (χ1) is 8.69. The molecule has 0 aromatic carbocycles. The van der Waals surface area contributed by atoms with Crippen LogP contribution in [0.3, 0.4) is 0 Å². The molecule has 6 nitrogen and oxygen atoms in total. The molecule has 0 radical (unpaired) electrons. The summed E-state index contributed by atoms with van der Waals surface area (Å²) in [7, 11) is -0.604. The molecule has 1 aromatic heterocycles. The van der Waals surface area contributed by atoms with Gasteiger partial charge in [0.1, 0.15) is 5.76 Å². The van der Waals surface area contributed by atoms with E-state index in [-0.39, 0.29) is 17.2 Å². The first kappa shape index (κ1) is 16.2. The molecule has 2 N–H and O–H groups in total. The highest BCUT2D eigenvalue weighted by molar-refractivity contribution is 7.88. The van der Waals surface area contributed by atoms with Crippen molar-refractivity contribution in [3.05, 3.63) is 17.9 Å². The maximum atomic E-state index is 11.8. The molecule has 0 unspecified atom stereocenters. The molecule has 19 heavy (non-hydrogen) atoms. The van der Waals surface area contributed by atoms with Gasteiger partial charge in [0.25, 0.3) is 10.0 Å². The summed E-state index contributed by atoms with van der Waals surface area (Å²) in [5.74, 6) is 0.548. The van der Waals surface area contributed by atoms with E-state index in [4.69, 9.17) is 9.52 Å². The highest BCUT2D eigenvalue weighted by Crippen LogP contribution is 2.17. The molecular formula is C12H22N2O4S. The fourth-order valence-corrected chi connectivity index (χ4v) is 2.28. The number of aliphatic hydroxyl groups excluding tert-OH is 1. The van der Waals surface area contributed by atoms with Gasteiger partial charge < -0.3 is 14.8 Å². The third-order valence-electron chi connectivity index (χ3n) is 2.85. The number of nitrogens with one attached hydrogen (secondary N) is 1. The van der Waals surface area contributed by atoms with Crippen LogP contribution in [0, 0.1) is 0 Å². The number of hydrogen-bond donors (Lipinski definition) is 2. The van der Waals surface area contributed by atoms with Crippen LogP contribution in [0.15, 0.2) is 21.6 Å². The fraction of sp³-hybridized carbons (Fsp3) is 0.667. The quantitative estimate of drug-likeness (QED) is 0.775. The summed E-state index contributed by atoms with van der Waals surface area (Å²) in [6.45, 7) is 4.43. The van der Waals surface area contributed by atoms with Crippen molar-refractivity contribution >= 4 is 10.0 Å². The van der Waals surface area contributed by atoms with Crippen LogP contribution in [0.1, 0.15) is 26.0 Å². The lowest BCUT2D eigenvalue weighted by Crippen LogP contribution is -2.39. The Kier molecular flexibility index (Phi) is 5.14. The van der Waals surface area contributed by atoms with Crippen molar-refractivity contribution in [1.82, 2.24) is 9.62 Å². The first-order valence-electron chi connectivity index (χ1n) is 6.06. The van der Waals surface area contributed by atoms with Crippen molar-refractivity contribution in [3.8, 4) is 0 Å². The molecule has 0 fully saturated rings. The topological polar surface area (TPSA) is 82.8 Å². The molecule has 7 heteroatoms. The van der Waals surface area contributed by atoms with Gasteiger partial charge in [0, 0.05) is 26.2 Å². The van der Waals surface area contributed by atoms with Crippen LogP contribution in [-0.2, 0) is 16.6 Å². The van der Waals surface area contributed by atoms with Crippen molar-refractivity contribution in [3.63, 3.8) is 0 Å². The van der Waals surface area contributed by atoms with E-state index < -0.39 is 10.0 Å². The number of hydrogen-bond acceptors (Lipinski definition) is 5. The minimum atomic E-state index is -3.52. The van der Waals surface area contributed by atoms with Gasteiger partial charge in [0.2, 0.25) is 5.09 Å². The molecule has 0 amide bonds. The summed E-state index contributed by atoms with van der Waals surface area (Å²) in [6.07, 6.45) is 0.608. The van der Waals surface area contributed by atoms with Crippen molar-refractivity contribution in [2.45, 2.75) is 37.4 Å². The lowest BCUT2D eigenvalue weighted by atomic mass is 10.0. The largest absolute Gasteiger partial charge is 0.447 e. The summed E-state index contributed by atoms with van der Waals surface area (Å²) in [6, 6.07) is 3.09. The highest BCUT2D eigenvalue weighted by atomic mass is 32.2. The van der Waals surface area contributed by atoms with Crippen molar-refractivity contribution in [1.29, 1.82) is 0 Å². The molecule has 1 aromatic rings. The zero-order valence-electron chi connectivity index (χ0n) is 11.8. The van der Waals surface area contributed by atoms with Gasteiger partial charge in [-0.1, -0.05) is 0 Å². The van der Waals surface area contributed by atoms with Crippen LogP contribution in [0.4, 0.5) is 0 Å². The molecule has 1 heterocycles. The van der Waals surface area contributed by atoms with Crippen LogP contribution in [0.2, 0.25) is 0 Å². The van der Waals surface area contributed by atoms with Gasteiger partial charge in [-0.05, 0) is 32.4 Å². The van der Waals surface area contributed by atoms with Gasteiger partial charge in [-0.2, -0.15) is 0 Å². The summed E-state index contributed by atoms with van der Waals surface area (Å²) >= 11 is 0. The van der Waals surface area contributed by atoms with Gasteiger partial charge in [-0.15, -0.1) is 0 Å². The zero-order chi connectivity index (χ0) is 14.7. The van der Waals surface area contributed by atoms with E-state index in [1.807, 2.05) is 13.8 Å². The van der Waals surface area contributed by atoms with Crippen LogP contribution in [-0.4, -0.2) is 44.1 Å². The average molecular weight is 290 g/mol. The smallest absolute Gasteiger partial charge is 0.275 e. The molecule has 0 aliphatic heterocycles. The summed E-state index contributed by atoms with van der Waals surface area (Å²) in [5.41, 5.74) is -0.234. The van der Waals surface area contributed by atoms with E-state index in [2.05, 4.69) is 5.32 Å². The molecule has 0 saturated carbocycles. The third-order valence-corrected chi connectivity index (χ3v) is 4.54. The lowest BCUT2D eigenvalue weighted by Gasteiger charge is -2.24. The number of rotatable bonds is 7. The van der Waals surface area contributed by atoms with E-state index in [9.17, 15) is 8.42 Å². The molecule has 1 rings (SSSR count). The Bertz CT molecular complexity index is 506. The normalized spacial score (nSPS) is 13.2. The summed E-state index contributed by atoms with van der Waals surface area (Å²) in [5, 5.41) is 12.1. The summed E-state index contributed by atoms with van der Waals surface area (Å²) in [4.78, 5) is 0. The Morgan fingerprint density at radius 3 is 2.53 bits per heavy atom. The molecule has 0 atom stereocenters. The predicted octanol–water partition coefficient (Wildman–Crippen LogP) is 0.781. The van der Waals surface area contributed by atoms with E-state index in [1.54, 1.807) is 6.07 Å². The molecular weight excluding hydrogens is 268 g/mol. The van der Waals surface area contributed by atoms with Gasteiger partial charge in [-0.3, -0.25) is 0 Å². The number of sulfonamides is 1. The van der Waals surface area contributed by atoms with Crippen LogP contribution in [0.5, 0.6) is 0 Å². The van der Waals surface area contributed by atoms with Gasteiger partial charge in [-0.25, -0.2) is 12.7 Å². The van der Waals surface area contributed by atoms with Crippen LogP contribution < -0.4 is 5.32 Å². The Balaban J connectivity index is 2.72. The lowest BCUT2D eigenvalue weighted by molar-refractivity contribution is 0.226. The maximum Gasteiger partial charge on any atom is 0.275 e. The monoisotopic (exact) mass is 290 g/mol. The SMILES string of the molecule is CN(C)S(=O)(=O)c1ccc(CNC(C)(C)CCO)o1. The second-order valence-electron chi connectivity index (χ2n) is 5.22. The highest BCUT2D eigenvalue weighted by Gasteiger charge is 2.22. The molecule has 0 spiro atoms. The summed E-state index contributed by atoms with van der Waals surface area (Å²) < 4.78 is 30.1. The van der Waals surface area contributed by atoms with E-state index in [1.165, 1.54) is 20.2 Å². The van der Waals surface area contributed by atoms with Gasteiger partial charge in [0.05, 0.1) is 6.54 Å². The fourth-order valence-electron chi connectivity index (χ4n) is 1.47. The number of nitrogens with zero attached hydrogens (tertiary/aromatic N) is 1. The molecule has 0 aliphatic carbocycles. The molecule has 0 aliphatic rings. The van der Waals surface area contributed by atoms with E-state index >= 15 is 0 Å². The average Bonchev–Trinajstić information content (AvgIpc) is 2.75. The van der Waals surface area contributed by atoms with Gasteiger partial charge >= 0.3 is 0 Å².